The van der Waals surface area contributed by atoms with Gasteiger partial charge in [-0.1, -0.05) is 42.5 Å². The van der Waals surface area contributed by atoms with E-state index in [1.54, 1.807) is 22.9 Å². The Morgan fingerprint density at radius 2 is 1.97 bits per heavy atom. The van der Waals surface area contributed by atoms with Gasteiger partial charge in [0.2, 0.25) is 0 Å². The molecule has 1 aliphatic heterocycles. The number of carbonyl (C=O) groups excluding carboxylic acids is 1. The second kappa shape index (κ2) is 11.1. The lowest BCUT2D eigenvalue weighted by Crippen LogP contribution is -2.43. The van der Waals surface area contributed by atoms with Crippen molar-refractivity contribution in [2.24, 2.45) is 0 Å². The molecule has 37 heavy (non-hydrogen) atoms. The topological polar surface area (TPSA) is 62.5 Å². The van der Waals surface area contributed by atoms with E-state index in [1.807, 2.05) is 19.1 Å². The number of rotatable bonds is 6. The third-order valence-electron chi connectivity index (χ3n) is 6.11. The fourth-order valence-corrected chi connectivity index (χ4v) is 4.94. The van der Waals surface area contributed by atoms with Crippen molar-refractivity contribution in [3.63, 3.8) is 0 Å². The predicted octanol–water partition coefficient (Wildman–Crippen LogP) is 6.94. The number of nitrogens with zero attached hydrogens (tertiary/aromatic N) is 4. The van der Waals surface area contributed by atoms with Gasteiger partial charge in [0.05, 0.1) is 27.5 Å². The van der Waals surface area contributed by atoms with E-state index in [2.05, 4.69) is 32.9 Å². The molecule has 1 fully saturated rings. The lowest BCUT2D eigenvalue weighted by molar-refractivity contribution is -0.138. The van der Waals surface area contributed by atoms with Gasteiger partial charge in [0.15, 0.2) is 5.65 Å². The molecule has 1 aromatic carbocycles. The van der Waals surface area contributed by atoms with Crippen molar-refractivity contribution in [1.82, 2.24) is 19.5 Å². The predicted molar refractivity (Wildman–Crippen MR) is 142 cm³/mol. The molecule has 0 radical (unpaired) electrons. The van der Waals surface area contributed by atoms with Gasteiger partial charge >= 0.3 is 6.18 Å². The second-order valence-electron chi connectivity index (χ2n) is 8.46. The summed E-state index contributed by atoms with van der Waals surface area (Å²) in [7, 11) is 0. The number of alkyl halides is 3. The van der Waals surface area contributed by atoms with Crippen molar-refractivity contribution >= 4 is 50.5 Å². The van der Waals surface area contributed by atoms with E-state index in [9.17, 15) is 18.0 Å². The van der Waals surface area contributed by atoms with Gasteiger partial charge in [0.1, 0.15) is 5.82 Å². The van der Waals surface area contributed by atoms with Crippen LogP contribution in [0.3, 0.4) is 0 Å². The highest BCUT2D eigenvalue weighted by Gasteiger charge is 2.36. The molecule has 0 atom stereocenters. The number of aromatic nitrogens is 3. The Morgan fingerprint density at radius 3 is 2.62 bits per heavy atom. The molecule has 1 saturated heterocycles. The van der Waals surface area contributed by atoms with Gasteiger partial charge in [0, 0.05) is 35.8 Å². The number of hydrogen-bond donors (Lipinski definition) is 1. The summed E-state index contributed by atoms with van der Waals surface area (Å²) in [6.07, 6.45) is 3.30. The van der Waals surface area contributed by atoms with Crippen molar-refractivity contribution in [3.8, 4) is 0 Å². The molecule has 2 aromatic heterocycles. The molecular weight excluding hydrogens is 571 g/mol. The van der Waals surface area contributed by atoms with Crippen LogP contribution in [-0.2, 0) is 6.18 Å². The average Bonchev–Trinajstić information content (AvgIpc) is 3.25. The summed E-state index contributed by atoms with van der Waals surface area (Å²) in [4.78, 5) is 19.1. The second-order valence-corrected chi connectivity index (χ2v) is 9.72. The van der Waals surface area contributed by atoms with Crippen LogP contribution in [0.25, 0.3) is 11.2 Å². The van der Waals surface area contributed by atoms with Crippen LogP contribution in [0.2, 0.25) is 0 Å². The molecule has 0 spiro atoms. The zero-order chi connectivity index (χ0) is 26.7. The Balaban J connectivity index is 1.54. The normalized spacial score (nSPS) is 15.8. The molecule has 194 valence electrons. The molecule has 0 saturated carbocycles. The van der Waals surface area contributed by atoms with Crippen LogP contribution in [0, 0.1) is 0 Å². The summed E-state index contributed by atoms with van der Waals surface area (Å²) in [6.45, 7) is 6.19. The third kappa shape index (κ3) is 5.75. The maximum absolute atomic E-state index is 13.4. The van der Waals surface area contributed by atoms with Gasteiger partial charge in [-0.15, -0.1) is 0 Å². The summed E-state index contributed by atoms with van der Waals surface area (Å²) >= 11 is 9.93. The summed E-state index contributed by atoms with van der Waals surface area (Å²) in [5.41, 5.74) is 0.715. The van der Waals surface area contributed by atoms with Gasteiger partial charge < -0.3 is 10.2 Å². The first-order valence-corrected chi connectivity index (χ1v) is 12.7. The van der Waals surface area contributed by atoms with E-state index >= 15 is 0 Å². The minimum atomic E-state index is -4.59. The number of fused-ring (bicyclic) bond motifs is 1. The first-order valence-electron chi connectivity index (χ1n) is 11.6. The lowest BCUT2D eigenvalue weighted by atomic mass is 10.0. The van der Waals surface area contributed by atoms with Crippen LogP contribution in [0.5, 0.6) is 0 Å². The first-order chi connectivity index (χ1) is 17.6. The van der Waals surface area contributed by atoms with E-state index in [4.69, 9.17) is 16.6 Å². The Hall–Kier alpha value is -3.11. The minimum Gasteiger partial charge on any atom is -0.367 e. The average molecular weight is 595 g/mol. The van der Waals surface area contributed by atoms with Crippen molar-refractivity contribution < 1.29 is 18.0 Å². The van der Waals surface area contributed by atoms with E-state index in [-0.39, 0.29) is 11.6 Å². The summed E-state index contributed by atoms with van der Waals surface area (Å²) in [5.74, 6) is 0.0673. The van der Waals surface area contributed by atoms with Gasteiger partial charge in [-0.3, -0.25) is 4.79 Å². The van der Waals surface area contributed by atoms with Gasteiger partial charge in [-0.25, -0.2) is 4.98 Å². The van der Waals surface area contributed by atoms with Gasteiger partial charge in [-0.05, 0) is 53.9 Å². The number of carbonyl (C=O) groups is 1. The quantitative estimate of drug-likeness (QED) is 0.314. The fraction of sp³-hybridized carbons (Fsp3) is 0.269. The van der Waals surface area contributed by atoms with Crippen LogP contribution in [0.1, 0.15) is 41.4 Å². The SMILES string of the molecule is C=C/C=C(Cl)\C(=C/C)c1cc(NC2CCN(C(=O)c3ccccc3C(F)(F)F)CC2)n2ncc(Br)c2n1. The highest BCUT2D eigenvalue weighted by atomic mass is 79.9. The maximum atomic E-state index is 13.4. The highest BCUT2D eigenvalue weighted by molar-refractivity contribution is 9.10. The Labute approximate surface area is 225 Å². The standard InChI is InChI=1S/C26H24BrClF3N5O/c1-3-7-21(28)17(4-2)22-14-23(36-24(34-22)20(27)15-32-36)33-16-10-12-35(13-11-16)25(37)18-8-5-6-9-19(18)26(29,30)31/h3-9,14-16,33H,1,10-13H2,2H3/b17-4+,21-7+. The number of hydrogen-bond acceptors (Lipinski definition) is 4. The number of piperidine rings is 1. The Morgan fingerprint density at radius 1 is 1.27 bits per heavy atom. The van der Waals surface area contributed by atoms with Crippen LogP contribution >= 0.6 is 27.5 Å². The van der Waals surface area contributed by atoms with Crippen molar-refractivity contribution in [2.75, 3.05) is 18.4 Å². The number of nitrogens with one attached hydrogen (secondary N) is 1. The number of halogens is 5. The minimum absolute atomic E-state index is 0.0309. The van der Waals surface area contributed by atoms with E-state index in [1.165, 1.54) is 23.1 Å². The van der Waals surface area contributed by atoms with E-state index in [0.717, 1.165) is 11.6 Å². The van der Waals surface area contributed by atoms with Crippen LogP contribution in [0.15, 0.2) is 70.8 Å². The molecule has 0 aliphatic carbocycles. The number of benzene rings is 1. The van der Waals surface area contributed by atoms with Crippen molar-refractivity contribution in [2.45, 2.75) is 32.0 Å². The maximum Gasteiger partial charge on any atom is 0.417 e. The van der Waals surface area contributed by atoms with Crippen molar-refractivity contribution in [3.05, 3.63) is 87.7 Å². The Bertz CT molecular complexity index is 1390. The monoisotopic (exact) mass is 593 g/mol. The molecule has 6 nitrogen and oxygen atoms in total. The number of anilines is 1. The number of likely N-dealkylation sites (tertiary alicyclic amines) is 1. The molecule has 11 heteroatoms. The fourth-order valence-electron chi connectivity index (χ4n) is 4.30. The van der Waals surface area contributed by atoms with Crippen LogP contribution < -0.4 is 5.32 Å². The zero-order valence-corrected chi connectivity index (χ0v) is 22.2. The van der Waals surface area contributed by atoms with Crippen molar-refractivity contribution in [1.29, 1.82) is 0 Å². The van der Waals surface area contributed by atoms with Crippen LogP contribution in [0.4, 0.5) is 19.0 Å². The molecule has 1 N–H and O–H groups in total. The zero-order valence-electron chi connectivity index (χ0n) is 19.9. The molecule has 0 bridgehead atoms. The third-order valence-corrected chi connectivity index (χ3v) is 7.00. The molecule has 1 amide bonds. The van der Waals surface area contributed by atoms with Crippen LogP contribution in [-0.4, -0.2) is 44.5 Å². The van der Waals surface area contributed by atoms with E-state index in [0.29, 0.717) is 52.6 Å². The largest absolute Gasteiger partial charge is 0.417 e. The smallest absolute Gasteiger partial charge is 0.367 e. The summed E-state index contributed by atoms with van der Waals surface area (Å²) in [6, 6.07) is 6.71. The first kappa shape index (κ1) is 26.9. The molecule has 3 heterocycles. The molecule has 1 aliphatic rings. The van der Waals surface area contributed by atoms with Gasteiger partial charge in [0.25, 0.3) is 5.91 Å². The number of allylic oxidation sites excluding steroid dienone is 5. The Kier molecular flexibility index (Phi) is 8.08. The summed E-state index contributed by atoms with van der Waals surface area (Å²) < 4.78 is 42.6. The lowest BCUT2D eigenvalue weighted by Gasteiger charge is -2.33. The number of amides is 1. The molecular formula is C26H24BrClF3N5O. The summed E-state index contributed by atoms with van der Waals surface area (Å²) in [5, 5.41) is 8.36. The highest BCUT2D eigenvalue weighted by Crippen LogP contribution is 2.33. The van der Waals surface area contributed by atoms with E-state index < -0.39 is 17.6 Å². The molecule has 0 unspecified atom stereocenters. The molecule has 3 aromatic rings. The van der Waals surface area contributed by atoms with Gasteiger partial charge in [-0.2, -0.15) is 22.8 Å². The molecule has 4 rings (SSSR count).